The molecule has 2 heterocycles. The first-order chi connectivity index (χ1) is 13.9. The van der Waals surface area contributed by atoms with Crippen molar-refractivity contribution in [1.29, 1.82) is 0 Å². The van der Waals surface area contributed by atoms with Crippen molar-refractivity contribution in [3.05, 3.63) is 96.5 Å². The molecule has 2 nitrogen and oxygen atoms in total. The second-order valence-corrected chi connectivity index (χ2v) is 7.54. The molecule has 134 valence electrons. The molecule has 0 bridgehead atoms. The van der Waals surface area contributed by atoms with Crippen LogP contribution in [0.5, 0.6) is 0 Å². The Labute approximate surface area is 167 Å². The summed E-state index contributed by atoms with van der Waals surface area (Å²) in [5.74, 6) is 0. The van der Waals surface area contributed by atoms with Crippen LogP contribution in [-0.2, 0) is 0 Å². The van der Waals surface area contributed by atoms with Crippen LogP contribution >= 0.6 is 11.3 Å². The zero-order chi connectivity index (χ0) is 18.9. The maximum atomic E-state index is 4.14. The number of allylic oxidation sites excluding steroid dienone is 1. The molecule has 0 saturated heterocycles. The second kappa shape index (κ2) is 6.95. The van der Waals surface area contributed by atoms with Gasteiger partial charge >= 0.3 is 0 Å². The van der Waals surface area contributed by atoms with E-state index in [-0.39, 0.29) is 0 Å². The van der Waals surface area contributed by atoms with Crippen LogP contribution in [-0.4, -0.2) is 10.8 Å². The number of benzene rings is 3. The van der Waals surface area contributed by atoms with Gasteiger partial charge in [-0.25, -0.2) is 0 Å². The maximum Gasteiger partial charge on any atom is 0.0627 e. The SMILES string of the molecule is C=C/C=N\C=C\c1ccc(-n2c3ccccc3c3ccc4sccc4c32)cc1. The number of aliphatic imine (C=N–C) groups is 1. The molecule has 5 rings (SSSR count). The molecule has 0 aliphatic carbocycles. The van der Waals surface area contributed by atoms with Crippen LogP contribution in [0.15, 0.2) is 96.0 Å². The van der Waals surface area contributed by atoms with Gasteiger partial charge in [-0.2, -0.15) is 0 Å². The molecule has 0 aliphatic rings. The fourth-order valence-corrected chi connectivity index (χ4v) is 4.54. The molecule has 0 saturated carbocycles. The zero-order valence-corrected chi connectivity index (χ0v) is 16.1. The van der Waals surface area contributed by atoms with Gasteiger partial charge in [0.15, 0.2) is 0 Å². The second-order valence-electron chi connectivity index (χ2n) is 6.59. The summed E-state index contributed by atoms with van der Waals surface area (Å²) in [6, 6.07) is 23.9. The first-order valence-corrected chi connectivity index (χ1v) is 10.1. The summed E-state index contributed by atoms with van der Waals surface area (Å²) < 4.78 is 3.69. The van der Waals surface area contributed by atoms with Crippen molar-refractivity contribution < 1.29 is 0 Å². The van der Waals surface area contributed by atoms with Crippen molar-refractivity contribution in [3.8, 4) is 5.69 Å². The fraction of sp³-hybridized carbons (Fsp3) is 0. The van der Waals surface area contributed by atoms with Crippen molar-refractivity contribution in [1.82, 2.24) is 4.57 Å². The summed E-state index contributed by atoms with van der Waals surface area (Å²) in [7, 11) is 0. The highest BCUT2D eigenvalue weighted by Gasteiger charge is 2.14. The Morgan fingerprint density at radius 3 is 2.57 bits per heavy atom. The topological polar surface area (TPSA) is 17.3 Å². The van der Waals surface area contributed by atoms with Gasteiger partial charge in [0.1, 0.15) is 0 Å². The molecule has 0 radical (unpaired) electrons. The van der Waals surface area contributed by atoms with Gasteiger partial charge in [0.2, 0.25) is 0 Å². The van der Waals surface area contributed by atoms with Crippen molar-refractivity contribution in [3.63, 3.8) is 0 Å². The van der Waals surface area contributed by atoms with Gasteiger partial charge < -0.3 is 4.57 Å². The number of rotatable bonds is 4. The molecule has 0 atom stereocenters. The minimum atomic E-state index is 1.12. The van der Waals surface area contributed by atoms with Crippen LogP contribution in [0.4, 0.5) is 0 Å². The van der Waals surface area contributed by atoms with Gasteiger partial charge in [-0.1, -0.05) is 49.1 Å². The molecule has 0 unspecified atom stereocenters. The third kappa shape index (κ3) is 2.68. The third-order valence-corrected chi connectivity index (χ3v) is 5.84. The molecule has 2 aromatic heterocycles. The minimum absolute atomic E-state index is 1.12. The summed E-state index contributed by atoms with van der Waals surface area (Å²) in [6.45, 7) is 3.63. The number of fused-ring (bicyclic) bond motifs is 5. The van der Waals surface area contributed by atoms with E-state index in [9.17, 15) is 0 Å². The standard InChI is InChI=1S/C25H18N2S/c1-2-15-26-16-13-18-7-9-19(10-8-18)27-23-6-4-3-5-20(23)21-11-12-24-22(25(21)27)14-17-28-24/h2-17H,1H2/b16-13+,26-15-. The summed E-state index contributed by atoms with van der Waals surface area (Å²) in [5.41, 5.74) is 4.79. The third-order valence-electron chi connectivity index (χ3n) is 4.96. The lowest BCUT2D eigenvalue weighted by atomic mass is 10.1. The van der Waals surface area contributed by atoms with E-state index >= 15 is 0 Å². The molecule has 28 heavy (non-hydrogen) atoms. The Morgan fingerprint density at radius 2 is 1.71 bits per heavy atom. The number of hydrogen-bond donors (Lipinski definition) is 0. The van der Waals surface area contributed by atoms with Gasteiger partial charge in [0, 0.05) is 39.0 Å². The number of hydrogen-bond acceptors (Lipinski definition) is 2. The number of para-hydroxylation sites is 1. The molecular formula is C25H18N2S. The van der Waals surface area contributed by atoms with Crippen molar-refractivity contribution in [2.45, 2.75) is 0 Å². The van der Waals surface area contributed by atoms with Crippen molar-refractivity contribution >= 4 is 55.5 Å². The quantitative estimate of drug-likeness (QED) is 0.294. The zero-order valence-electron chi connectivity index (χ0n) is 15.2. The number of nitrogens with zero attached hydrogens (tertiary/aromatic N) is 2. The molecular weight excluding hydrogens is 360 g/mol. The normalized spacial score (nSPS) is 12.1. The van der Waals surface area contributed by atoms with Crippen LogP contribution in [0.2, 0.25) is 0 Å². The molecule has 3 aromatic carbocycles. The first-order valence-electron chi connectivity index (χ1n) is 9.17. The molecule has 0 N–H and O–H groups in total. The van der Waals surface area contributed by atoms with Crippen LogP contribution in [0.3, 0.4) is 0 Å². The molecule has 0 aliphatic heterocycles. The Hall–Kier alpha value is -3.43. The van der Waals surface area contributed by atoms with E-state index in [1.807, 2.05) is 6.08 Å². The number of aromatic nitrogens is 1. The molecule has 0 spiro atoms. The molecule has 5 aromatic rings. The molecule has 0 amide bonds. The predicted molar refractivity (Wildman–Crippen MR) is 124 cm³/mol. The Bertz CT molecular complexity index is 1360. The van der Waals surface area contributed by atoms with Crippen LogP contribution in [0.1, 0.15) is 5.56 Å². The molecule has 0 fully saturated rings. The maximum absolute atomic E-state index is 4.14. The lowest BCUT2D eigenvalue weighted by molar-refractivity contribution is 1.19. The first kappa shape index (κ1) is 16.7. The van der Waals surface area contributed by atoms with Gasteiger partial charge in [-0.15, -0.1) is 11.3 Å². The highest BCUT2D eigenvalue weighted by molar-refractivity contribution is 7.17. The van der Waals surface area contributed by atoms with E-state index < -0.39 is 0 Å². The summed E-state index contributed by atoms with van der Waals surface area (Å²) >= 11 is 1.79. The highest BCUT2D eigenvalue weighted by atomic mass is 32.1. The monoisotopic (exact) mass is 378 g/mol. The molecule has 3 heteroatoms. The lowest BCUT2D eigenvalue weighted by Gasteiger charge is -2.09. The Balaban J connectivity index is 1.73. The predicted octanol–water partition coefficient (Wildman–Crippen LogP) is 7.23. The van der Waals surface area contributed by atoms with E-state index in [2.05, 4.69) is 88.2 Å². The average Bonchev–Trinajstić information content (AvgIpc) is 3.34. The summed E-state index contributed by atoms with van der Waals surface area (Å²) in [6.07, 6.45) is 7.12. The largest absolute Gasteiger partial charge is 0.309 e. The van der Waals surface area contributed by atoms with Crippen LogP contribution < -0.4 is 0 Å². The fourth-order valence-electron chi connectivity index (χ4n) is 3.75. The van der Waals surface area contributed by atoms with Crippen molar-refractivity contribution in [2.24, 2.45) is 4.99 Å². The summed E-state index contributed by atoms with van der Waals surface area (Å²) in [5, 5.41) is 6.06. The van der Waals surface area contributed by atoms with E-state index in [0.29, 0.717) is 0 Å². The van der Waals surface area contributed by atoms with Gasteiger partial charge in [-0.05, 0) is 47.4 Å². The van der Waals surface area contributed by atoms with Gasteiger partial charge in [-0.3, -0.25) is 4.99 Å². The highest BCUT2D eigenvalue weighted by Crippen LogP contribution is 2.37. The van der Waals surface area contributed by atoms with Gasteiger partial charge in [0.25, 0.3) is 0 Å². The lowest BCUT2D eigenvalue weighted by Crippen LogP contribution is -1.93. The Morgan fingerprint density at radius 1 is 0.857 bits per heavy atom. The van der Waals surface area contributed by atoms with Crippen molar-refractivity contribution in [2.75, 3.05) is 0 Å². The summed E-state index contributed by atoms with van der Waals surface area (Å²) in [4.78, 5) is 4.14. The van der Waals surface area contributed by atoms with Crippen LogP contribution in [0, 0.1) is 0 Å². The Kier molecular flexibility index (Phi) is 4.15. The average molecular weight is 379 g/mol. The minimum Gasteiger partial charge on any atom is -0.309 e. The van der Waals surface area contributed by atoms with E-state index in [1.54, 1.807) is 29.8 Å². The van der Waals surface area contributed by atoms with E-state index in [4.69, 9.17) is 0 Å². The van der Waals surface area contributed by atoms with Crippen LogP contribution in [0.25, 0.3) is 43.7 Å². The number of thiophene rings is 1. The van der Waals surface area contributed by atoms with E-state index in [1.165, 1.54) is 31.9 Å². The van der Waals surface area contributed by atoms with Gasteiger partial charge in [0.05, 0.1) is 11.0 Å². The smallest absolute Gasteiger partial charge is 0.0627 e. The van der Waals surface area contributed by atoms with E-state index in [0.717, 1.165) is 11.3 Å².